The lowest BCUT2D eigenvalue weighted by atomic mass is 9.91. The highest BCUT2D eigenvalue weighted by molar-refractivity contribution is 7.99. The van der Waals surface area contributed by atoms with Crippen molar-refractivity contribution in [1.29, 1.82) is 0 Å². The molecule has 2 heterocycles. The van der Waals surface area contributed by atoms with Crippen LogP contribution in [0.3, 0.4) is 0 Å². The second-order valence-electron chi connectivity index (χ2n) is 5.59. The highest BCUT2D eigenvalue weighted by Gasteiger charge is 2.34. The Kier molecular flexibility index (Phi) is 3.61. The molecule has 5 heteroatoms. The molecule has 18 heavy (non-hydrogen) atoms. The van der Waals surface area contributed by atoms with E-state index >= 15 is 0 Å². The summed E-state index contributed by atoms with van der Waals surface area (Å²) in [5.41, 5.74) is 6.16. The lowest BCUT2D eigenvalue weighted by Gasteiger charge is -2.23. The Labute approximate surface area is 112 Å². The van der Waals surface area contributed by atoms with Crippen molar-refractivity contribution < 1.29 is 4.52 Å². The summed E-state index contributed by atoms with van der Waals surface area (Å²) >= 11 is 1.97. The molecule has 1 saturated heterocycles. The number of thioether (sulfide) groups is 1. The van der Waals surface area contributed by atoms with Crippen LogP contribution in [-0.4, -0.2) is 21.6 Å². The minimum atomic E-state index is -0.343. The molecule has 0 amide bonds. The van der Waals surface area contributed by atoms with Gasteiger partial charge in [-0.3, -0.25) is 0 Å². The molecule has 2 aliphatic rings. The lowest BCUT2D eigenvalue weighted by molar-refractivity contribution is 0.319. The van der Waals surface area contributed by atoms with Crippen molar-refractivity contribution in [3.05, 3.63) is 11.7 Å². The number of hydrogen-bond acceptors (Lipinski definition) is 5. The van der Waals surface area contributed by atoms with Crippen molar-refractivity contribution in [2.24, 2.45) is 5.73 Å². The van der Waals surface area contributed by atoms with E-state index in [-0.39, 0.29) is 5.54 Å². The smallest absolute Gasteiger partial charge is 0.230 e. The summed E-state index contributed by atoms with van der Waals surface area (Å²) in [6.07, 6.45) is 8.06. The van der Waals surface area contributed by atoms with Gasteiger partial charge in [-0.25, -0.2) is 0 Å². The van der Waals surface area contributed by atoms with Crippen LogP contribution in [0, 0.1) is 0 Å². The Morgan fingerprint density at radius 3 is 2.67 bits per heavy atom. The molecule has 1 aromatic heterocycles. The number of aromatic nitrogens is 2. The Balaban J connectivity index is 1.78. The van der Waals surface area contributed by atoms with Gasteiger partial charge in [0, 0.05) is 11.7 Å². The average molecular weight is 267 g/mol. The fourth-order valence-electron chi connectivity index (χ4n) is 2.92. The van der Waals surface area contributed by atoms with Gasteiger partial charge in [-0.15, -0.1) is 0 Å². The maximum Gasteiger partial charge on any atom is 0.230 e. The van der Waals surface area contributed by atoms with Crippen LogP contribution in [-0.2, 0) is 5.54 Å². The van der Waals surface area contributed by atoms with E-state index in [1.807, 2.05) is 11.8 Å². The van der Waals surface area contributed by atoms with E-state index in [4.69, 9.17) is 10.3 Å². The van der Waals surface area contributed by atoms with Crippen LogP contribution in [0.2, 0.25) is 0 Å². The van der Waals surface area contributed by atoms with Crippen LogP contribution in [0.5, 0.6) is 0 Å². The predicted octanol–water partition coefficient (Wildman–Crippen LogP) is 2.80. The number of rotatable bonds is 2. The summed E-state index contributed by atoms with van der Waals surface area (Å²) in [5, 5.41) is 4.18. The third-order valence-corrected chi connectivity index (χ3v) is 5.32. The van der Waals surface area contributed by atoms with Gasteiger partial charge >= 0.3 is 0 Å². The molecule has 0 aromatic carbocycles. The zero-order valence-electron chi connectivity index (χ0n) is 10.7. The summed E-state index contributed by atoms with van der Waals surface area (Å²) < 4.78 is 5.45. The zero-order chi connectivity index (χ0) is 12.4. The monoisotopic (exact) mass is 267 g/mol. The molecule has 1 aromatic rings. The minimum absolute atomic E-state index is 0.343. The van der Waals surface area contributed by atoms with E-state index in [9.17, 15) is 0 Å². The Morgan fingerprint density at radius 1 is 1.22 bits per heavy atom. The molecular weight excluding hydrogens is 246 g/mol. The third kappa shape index (κ3) is 2.43. The van der Waals surface area contributed by atoms with Gasteiger partial charge in [0.15, 0.2) is 5.82 Å². The average Bonchev–Trinajstić information content (AvgIpc) is 3.00. The maximum absolute atomic E-state index is 6.50. The normalized spacial score (nSPS) is 28.2. The molecule has 2 N–H and O–H groups in total. The Bertz CT molecular complexity index is 393. The van der Waals surface area contributed by atoms with Crippen LogP contribution >= 0.6 is 11.8 Å². The van der Waals surface area contributed by atoms with E-state index in [1.165, 1.54) is 31.4 Å². The van der Waals surface area contributed by atoms with E-state index in [0.717, 1.165) is 36.7 Å². The molecule has 0 radical (unpaired) electrons. The standard InChI is InChI=1S/C13H21N3OS/c14-13(6-3-1-2-4-7-13)12-15-11(17-16-12)10-5-8-18-9-10/h10H,1-9,14H2. The second-order valence-corrected chi connectivity index (χ2v) is 6.74. The van der Waals surface area contributed by atoms with Gasteiger partial charge in [0.25, 0.3) is 0 Å². The first-order chi connectivity index (χ1) is 8.78. The quantitative estimate of drug-likeness (QED) is 0.835. The third-order valence-electron chi connectivity index (χ3n) is 4.16. The van der Waals surface area contributed by atoms with Crippen molar-refractivity contribution in [1.82, 2.24) is 10.1 Å². The van der Waals surface area contributed by atoms with Gasteiger partial charge in [-0.2, -0.15) is 16.7 Å². The van der Waals surface area contributed by atoms with Crippen LogP contribution in [0.15, 0.2) is 4.52 Å². The molecule has 1 atom stereocenters. The SMILES string of the molecule is NC1(c2noc(C3CCSC3)n2)CCCCCC1. The molecule has 1 unspecified atom stereocenters. The summed E-state index contributed by atoms with van der Waals surface area (Å²) in [5.74, 6) is 4.32. The van der Waals surface area contributed by atoms with E-state index in [0.29, 0.717) is 5.92 Å². The first kappa shape index (κ1) is 12.5. The fourth-order valence-corrected chi connectivity index (χ4v) is 4.13. The number of nitrogens with zero attached hydrogens (tertiary/aromatic N) is 2. The first-order valence-corrected chi connectivity index (χ1v) is 8.14. The highest BCUT2D eigenvalue weighted by atomic mass is 32.2. The summed E-state index contributed by atoms with van der Waals surface area (Å²) in [4.78, 5) is 4.61. The largest absolute Gasteiger partial charge is 0.339 e. The predicted molar refractivity (Wildman–Crippen MR) is 72.5 cm³/mol. The molecule has 4 nitrogen and oxygen atoms in total. The van der Waals surface area contributed by atoms with Gasteiger partial charge in [0.2, 0.25) is 5.89 Å². The molecule has 1 saturated carbocycles. The van der Waals surface area contributed by atoms with Crippen molar-refractivity contribution in [2.75, 3.05) is 11.5 Å². The molecule has 3 rings (SSSR count). The summed E-state index contributed by atoms with van der Waals surface area (Å²) in [6, 6.07) is 0. The van der Waals surface area contributed by atoms with Crippen molar-refractivity contribution in [3.63, 3.8) is 0 Å². The van der Waals surface area contributed by atoms with Gasteiger partial charge in [-0.05, 0) is 25.0 Å². The van der Waals surface area contributed by atoms with Gasteiger partial charge in [0.05, 0.1) is 5.54 Å². The Hall–Kier alpha value is -0.550. The van der Waals surface area contributed by atoms with Gasteiger partial charge < -0.3 is 10.3 Å². The van der Waals surface area contributed by atoms with E-state index in [2.05, 4.69) is 10.1 Å². The minimum Gasteiger partial charge on any atom is -0.339 e. The molecular formula is C13H21N3OS. The van der Waals surface area contributed by atoms with Crippen LogP contribution in [0.1, 0.15) is 62.6 Å². The summed E-state index contributed by atoms with van der Waals surface area (Å²) in [7, 11) is 0. The van der Waals surface area contributed by atoms with E-state index in [1.54, 1.807) is 0 Å². The van der Waals surface area contributed by atoms with E-state index < -0.39 is 0 Å². The fraction of sp³-hybridized carbons (Fsp3) is 0.846. The first-order valence-electron chi connectivity index (χ1n) is 6.99. The van der Waals surface area contributed by atoms with Crippen molar-refractivity contribution in [2.45, 2.75) is 56.4 Å². The van der Waals surface area contributed by atoms with Gasteiger partial charge in [-0.1, -0.05) is 30.8 Å². The van der Waals surface area contributed by atoms with Crippen LogP contribution in [0.4, 0.5) is 0 Å². The topological polar surface area (TPSA) is 64.9 Å². The molecule has 100 valence electrons. The second kappa shape index (κ2) is 5.21. The molecule has 1 aliphatic carbocycles. The number of hydrogen-bond donors (Lipinski definition) is 1. The lowest BCUT2D eigenvalue weighted by Crippen LogP contribution is -2.37. The van der Waals surface area contributed by atoms with Crippen LogP contribution in [0.25, 0.3) is 0 Å². The molecule has 1 aliphatic heterocycles. The Morgan fingerprint density at radius 2 is 2.00 bits per heavy atom. The van der Waals surface area contributed by atoms with Crippen LogP contribution < -0.4 is 5.73 Å². The zero-order valence-corrected chi connectivity index (χ0v) is 11.5. The molecule has 2 fully saturated rings. The van der Waals surface area contributed by atoms with Crippen molar-refractivity contribution in [3.8, 4) is 0 Å². The molecule has 0 bridgehead atoms. The molecule has 0 spiro atoms. The maximum atomic E-state index is 6.50. The van der Waals surface area contributed by atoms with Crippen molar-refractivity contribution >= 4 is 11.8 Å². The van der Waals surface area contributed by atoms with Gasteiger partial charge in [0.1, 0.15) is 0 Å². The number of nitrogens with two attached hydrogens (primary N) is 1. The highest BCUT2D eigenvalue weighted by Crippen LogP contribution is 2.35. The summed E-state index contributed by atoms with van der Waals surface area (Å²) in [6.45, 7) is 0.